The molecule has 1 unspecified atom stereocenters. The summed E-state index contributed by atoms with van der Waals surface area (Å²) < 4.78 is 1.19. The number of carbonyl (C=O) groups excluding carboxylic acids is 2. The van der Waals surface area contributed by atoms with E-state index in [4.69, 9.17) is 4.98 Å². The number of amides is 2. The van der Waals surface area contributed by atoms with Gasteiger partial charge in [0.25, 0.3) is 0 Å². The fourth-order valence-electron chi connectivity index (χ4n) is 4.66. The summed E-state index contributed by atoms with van der Waals surface area (Å²) >= 11 is 1.69. The van der Waals surface area contributed by atoms with Crippen molar-refractivity contribution in [3.05, 3.63) is 28.8 Å². The van der Waals surface area contributed by atoms with Gasteiger partial charge in [-0.1, -0.05) is 39.2 Å². The number of nitrogens with one attached hydrogen (secondary N) is 3. The van der Waals surface area contributed by atoms with Gasteiger partial charge in [0.1, 0.15) is 0 Å². The highest BCUT2D eigenvalue weighted by atomic mass is 32.1. The summed E-state index contributed by atoms with van der Waals surface area (Å²) in [6.07, 6.45) is 7.03. The van der Waals surface area contributed by atoms with Gasteiger partial charge in [-0.25, -0.2) is 4.98 Å². The molecule has 0 spiro atoms. The van der Waals surface area contributed by atoms with Crippen LogP contribution in [0.4, 0.5) is 0 Å². The van der Waals surface area contributed by atoms with E-state index in [9.17, 15) is 9.59 Å². The highest BCUT2D eigenvalue weighted by molar-refractivity contribution is 7.18. The van der Waals surface area contributed by atoms with Gasteiger partial charge in [0.05, 0.1) is 21.1 Å². The summed E-state index contributed by atoms with van der Waals surface area (Å²) in [6.45, 7) is 6.44. The lowest BCUT2D eigenvalue weighted by atomic mass is 9.83. The molecule has 4 rings (SSSR count). The van der Waals surface area contributed by atoms with Gasteiger partial charge in [-0.15, -0.1) is 11.3 Å². The molecular formula is C25H36N4O2S. The lowest BCUT2D eigenvalue weighted by Crippen LogP contribution is -2.54. The minimum absolute atomic E-state index is 0.0174. The molecule has 174 valence electrons. The minimum Gasteiger partial charge on any atom is -0.354 e. The highest BCUT2D eigenvalue weighted by Gasteiger charge is 2.28. The van der Waals surface area contributed by atoms with Crippen LogP contribution in [-0.2, 0) is 16.0 Å². The Balaban J connectivity index is 1.32. The van der Waals surface area contributed by atoms with E-state index in [0.29, 0.717) is 31.2 Å². The Morgan fingerprint density at radius 3 is 2.66 bits per heavy atom. The third-order valence-electron chi connectivity index (χ3n) is 6.90. The van der Waals surface area contributed by atoms with Gasteiger partial charge >= 0.3 is 0 Å². The summed E-state index contributed by atoms with van der Waals surface area (Å²) in [5.74, 6) is 1.18. The summed E-state index contributed by atoms with van der Waals surface area (Å²) in [4.78, 5) is 29.8. The summed E-state index contributed by atoms with van der Waals surface area (Å²) in [7, 11) is 0. The molecule has 1 aromatic carbocycles. The third kappa shape index (κ3) is 5.87. The molecule has 1 atom stereocenters. The first-order valence-electron chi connectivity index (χ1n) is 12.2. The zero-order valence-electron chi connectivity index (χ0n) is 19.3. The standard InChI is InChI=1S/C25H36N4O2S/c1-16(2)18-8-9-20-22(12-18)32-24(29-20)11-10-23(30)28-21(17-6-4-3-5-7-17)15-27-25(31)19-13-26-14-19/h8-9,12,16-17,19,21,26H,3-7,10-11,13-15H2,1-2H3,(H,27,31)(H,28,30). The number of hydrogen-bond donors (Lipinski definition) is 3. The Bertz CT molecular complexity index is 931. The van der Waals surface area contributed by atoms with E-state index in [2.05, 4.69) is 48.0 Å². The Labute approximate surface area is 195 Å². The van der Waals surface area contributed by atoms with E-state index in [0.717, 1.165) is 36.5 Å². The summed E-state index contributed by atoms with van der Waals surface area (Å²) in [6, 6.07) is 6.47. The highest BCUT2D eigenvalue weighted by Crippen LogP contribution is 2.28. The van der Waals surface area contributed by atoms with Crippen molar-refractivity contribution in [2.24, 2.45) is 11.8 Å². The van der Waals surface area contributed by atoms with E-state index in [1.165, 1.54) is 29.5 Å². The van der Waals surface area contributed by atoms with Gasteiger partial charge in [0.2, 0.25) is 11.8 Å². The fourth-order valence-corrected chi connectivity index (χ4v) is 5.67. The molecule has 1 aliphatic heterocycles. The molecule has 3 N–H and O–H groups in total. The smallest absolute Gasteiger partial charge is 0.225 e. The molecule has 2 amide bonds. The molecule has 1 saturated carbocycles. The number of aromatic nitrogens is 1. The molecule has 2 heterocycles. The second-order valence-electron chi connectivity index (χ2n) is 9.66. The largest absolute Gasteiger partial charge is 0.354 e. The predicted molar refractivity (Wildman–Crippen MR) is 130 cm³/mol. The van der Waals surface area contributed by atoms with E-state index in [1.807, 2.05) is 0 Å². The maximum Gasteiger partial charge on any atom is 0.225 e. The van der Waals surface area contributed by atoms with E-state index in [1.54, 1.807) is 11.3 Å². The summed E-state index contributed by atoms with van der Waals surface area (Å²) in [5, 5.41) is 10.5. The molecule has 32 heavy (non-hydrogen) atoms. The van der Waals surface area contributed by atoms with Crippen molar-refractivity contribution in [2.75, 3.05) is 19.6 Å². The number of benzene rings is 1. The van der Waals surface area contributed by atoms with Gasteiger partial charge in [-0.2, -0.15) is 0 Å². The predicted octanol–water partition coefficient (Wildman–Crippen LogP) is 3.75. The van der Waals surface area contributed by atoms with Crippen LogP contribution in [-0.4, -0.2) is 42.5 Å². The molecule has 2 aliphatic rings. The number of carbonyl (C=O) groups is 2. The molecule has 6 nitrogen and oxygen atoms in total. The van der Waals surface area contributed by atoms with Gasteiger partial charge in [-0.3, -0.25) is 9.59 Å². The third-order valence-corrected chi connectivity index (χ3v) is 7.98. The lowest BCUT2D eigenvalue weighted by Gasteiger charge is -2.32. The molecule has 1 saturated heterocycles. The number of thiazole rings is 1. The van der Waals surface area contributed by atoms with Crippen LogP contribution in [0.2, 0.25) is 0 Å². The Hall–Kier alpha value is -1.99. The van der Waals surface area contributed by atoms with Gasteiger partial charge in [-0.05, 0) is 42.4 Å². The van der Waals surface area contributed by atoms with Crippen LogP contribution in [0.5, 0.6) is 0 Å². The van der Waals surface area contributed by atoms with Crippen molar-refractivity contribution in [1.29, 1.82) is 0 Å². The maximum absolute atomic E-state index is 12.8. The fraction of sp³-hybridized carbons (Fsp3) is 0.640. The lowest BCUT2D eigenvalue weighted by molar-refractivity contribution is -0.127. The Morgan fingerprint density at radius 2 is 1.97 bits per heavy atom. The number of fused-ring (bicyclic) bond motifs is 1. The van der Waals surface area contributed by atoms with Gasteiger partial charge in [0, 0.05) is 38.5 Å². The second kappa shape index (κ2) is 10.8. The van der Waals surface area contributed by atoms with Gasteiger partial charge < -0.3 is 16.0 Å². The molecule has 1 aliphatic carbocycles. The van der Waals surface area contributed by atoms with Crippen LogP contribution >= 0.6 is 11.3 Å². The van der Waals surface area contributed by atoms with Crippen LogP contribution < -0.4 is 16.0 Å². The van der Waals surface area contributed by atoms with E-state index in [-0.39, 0.29) is 23.8 Å². The Kier molecular flexibility index (Phi) is 7.79. The van der Waals surface area contributed by atoms with E-state index < -0.39 is 0 Å². The average Bonchev–Trinajstić information content (AvgIpc) is 3.16. The molecule has 2 fully saturated rings. The zero-order chi connectivity index (χ0) is 22.5. The molecule has 1 aromatic heterocycles. The van der Waals surface area contributed by atoms with Crippen molar-refractivity contribution in [1.82, 2.24) is 20.9 Å². The first-order valence-corrected chi connectivity index (χ1v) is 13.0. The number of aryl methyl sites for hydroxylation is 1. The van der Waals surface area contributed by atoms with Crippen molar-refractivity contribution in [2.45, 2.75) is 70.8 Å². The van der Waals surface area contributed by atoms with Crippen LogP contribution in [0.3, 0.4) is 0 Å². The normalized spacial score (nSPS) is 18.5. The molecule has 2 aromatic rings. The molecular weight excluding hydrogens is 420 g/mol. The minimum atomic E-state index is 0.0174. The number of rotatable bonds is 9. The van der Waals surface area contributed by atoms with Crippen LogP contribution in [0.15, 0.2) is 18.2 Å². The van der Waals surface area contributed by atoms with Crippen LogP contribution in [0, 0.1) is 11.8 Å². The van der Waals surface area contributed by atoms with E-state index >= 15 is 0 Å². The Morgan fingerprint density at radius 1 is 1.19 bits per heavy atom. The van der Waals surface area contributed by atoms with Crippen LogP contribution in [0.1, 0.15) is 68.9 Å². The molecule has 0 radical (unpaired) electrons. The zero-order valence-corrected chi connectivity index (χ0v) is 20.1. The maximum atomic E-state index is 12.8. The van der Waals surface area contributed by atoms with Crippen molar-refractivity contribution in [3.8, 4) is 0 Å². The second-order valence-corrected chi connectivity index (χ2v) is 10.8. The first kappa shape index (κ1) is 23.2. The van der Waals surface area contributed by atoms with Crippen molar-refractivity contribution >= 4 is 33.4 Å². The van der Waals surface area contributed by atoms with Crippen molar-refractivity contribution < 1.29 is 9.59 Å². The molecule has 0 bridgehead atoms. The topological polar surface area (TPSA) is 83.1 Å². The quantitative estimate of drug-likeness (QED) is 0.537. The van der Waals surface area contributed by atoms with Gasteiger partial charge in [0.15, 0.2) is 0 Å². The average molecular weight is 457 g/mol. The van der Waals surface area contributed by atoms with Crippen LogP contribution in [0.25, 0.3) is 10.2 Å². The SMILES string of the molecule is CC(C)c1ccc2nc(CCC(=O)NC(CNC(=O)C3CNC3)C3CCCCC3)sc2c1. The number of hydrogen-bond acceptors (Lipinski definition) is 5. The number of nitrogens with zero attached hydrogens (tertiary/aromatic N) is 1. The molecule has 7 heteroatoms. The summed E-state index contributed by atoms with van der Waals surface area (Å²) in [5.41, 5.74) is 2.34. The van der Waals surface area contributed by atoms with Crippen molar-refractivity contribution in [3.63, 3.8) is 0 Å². The first-order chi connectivity index (χ1) is 15.5. The monoisotopic (exact) mass is 456 g/mol.